The van der Waals surface area contributed by atoms with Gasteiger partial charge in [0.15, 0.2) is 0 Å². The first-order valence-corrected chi connectivity index (χ1v) is 9.08. The Hall–Kier alpha value is -3.92. The largest absolute Gasteiger partial charge is 0.255 e. The molecule has 0 fully saturated rings. The average molecular weight is 360 g/mol. The summed E-state index contributed by atoms with van der Waals surface area (Å²) >= 11 is 0. The van der Waals surface area contributed by atoms with Crippen LogP contribution in [0.4, 0.5) is 0 Å². The number of pyridine rings is 4. The van der Waals surface area contributed by atoms with E-state index in [2.05, 4.69) is 22.1 Å². The molecule has 0 atom stereocenters. The van der Waals surface area contributed by atoms with Crippen LogP contribution in [0.2, 0.25) is 0 Å². The van der Waals surface area contributed by atoms with E-state index in [0.29, 0.717) is 0 Å². The summed E-state index contributed by atoms with van der Waals surface area (Å²) in [5.41, 5.74) is 6.10. The minimum atomic E-state index is 0.800. The number of aromatic nitrogens is 4. The highest BCUT2D eigenvalue weighted by Crippen LogP contribution is 2.28. The Labute approximate surface area is 162 Å². The molecule has 0 aliphatic heterocycles. The zero-order valence-corrected chi connectivity index (χ0v) is 15.0. The molecule has 0 spiro atoms. The van der Waals surface area contributed by atoms with Crippen LogP contribution in [0.1, 0.15) is 0 Å². The molecule has 4 heteroatoms. The second-order valence-corrected chi connectivity index (χ2v) is 6.45. The van der Waals surface area contributed by atoms with Gasteiger partial charge in [-0.1, -0.05) is 36.4 Å². The maximum Gasteiger partial charge on any atom is 0.0901 e. The van der Waals surface area contributed by atoms with Crippen molar-refractivity contribution >= 4 is 10.9 Å². The number of nitrogens with zero attached hydrogens (tertiary/aromatic N) is 4. The summed E-state index contributed by atoms with van der Waals surface area (Å²) in [6.07, 6.45) is 3.55. The van der Waals surface area contributed by atoms with Gasteiger partial charge >= 0.3 is 0 Å². The fourth-order valence-electron chi connectivity index (χ4n) is 3.20. The van der Waals surface area contributed by atoms with Gasteiger partial charge in [-0.3, -0.25) is 9.97 Å². The molecule has 28 heavy (non-hydrogen) atoms. The number of hydrogen-bond donors (Lipinski definition) is 0. The van der Waals surface area contributed by atoms with Gasteiger partial charge in [0, 0.05) is 23.3 Å². The van der Waals surface area contributed by atoms with Crippen LogP contribution >= 0.6 is 0 Å². The van der Waals surface area contributed by atoms with E-state index >= 15 is 0 Å². The molecule has 0 saturated heterocycles. The van der Waals surface area contributed by atoms with E-state index in [9.17, 15) is 0 Å². The second kappa shape index (κ2) is 7.00. The maximum atomic E-state index is 4.85. The minimum Gasteiger partial charge on any atom is -0.255 e. The Bertz CT molecular complexity index is 1190. The highest BCUT2D eigenvalue weighted by molar-refractivity contribution is 5.82. The summed E-state index contributed by atoms with van der Waals surface area (Å²) in [5.74, 6) is 0. The van der Waals surface area contributed by atoms with Crippen molar-refractivity contribution in [2.75, 3.05) is 0 Å². The smallest absolute Gasteiger partial charge is 0.0901 e. The molecule has 0 amide bonds. The number of benzene rings is 1. The van der Waals surface area contributed by atoms with Crippen LogP contribution in [0.25, 0.3) is 44.9 Å². The van der Waals surface area contributed by atoms with E-state index < -0.39 is 0 Å². The van der Waals surface area contributed by atoms with Crippen LogP contribution in [0.15, 0.2) is 97.3 Å². The summed E-state index contributed by atoms with van der Waals surface area (Å²) < 4.78 is 0. The third-order valence-corrected chi connectivity index (χ3v) is 4.57. The molecule has 5 rings (SSSR count). The predicted octanol–water partition coefficient (Wildman–Crippen LogP) is 5.42. The van der Waals surface area contributed by atoms with Gasteiger partial charge in [0.1, 0.15) is 0 Å². The maximum absolute atomic E-state index is 4.85. The van der Waals surface area contributed by atoms with Gasteiger partial charge in [0.05, 0.1) is 34.0 Å². The number of hydrogen-bond acceptors (Lipinski definition) is 4. The van der Waals surface area contributed by atoms with Crippen molar-refractivity contribution in [2.24, 2.45) is 0 Å². The summed E-state index contributed by atoms with van der Waals surface area (Å²) in [6, 6.07) is 28.0. The SMILES string of the molecule is c1ccc(-c2cc(-c3ccc4ccccc4n3)cc(-c3ccccn3)n2)nc1. The molecular weight excluding hydrogens is 344 g/mol. The van der Waals surface area contributed by atoms with E-state index in [0.717, 1.165) is 44.9 Å². The van der Waals surface area contributed by atoms with Crippen LogP contribution < -0.4 is 0 Å². The van der Waals surface area contributed by atoms with Crippen molar-refractivity contribution in [1.82, 2.24) is 19.9 Å². The molecule has 0 aliphatic carbocycles. The third kappa shape index (κ3) is 3.12. The van der Waals surface area contributed by atoms with Crippen molar-refractivity contribution in [3.05, 3.63) is 97.3 Å². The zero-order valence-electron chi connectivity index (χ0n) is 15.0. The van der Waals surface area contributed by atoms with Crippen molar-refractivity contribution < 1.29 is 0 Å². The molecule has 1 aromatic carbocycles. The van der Waals surface area contributed by atoms with Crippen molar-refractivity contribution in [3.8, 4) is 34.0 Å². The molecule has 5 aromatic rings. The molecule has 0 N–H and O–H groups in total. The lowest BCUT2D eigenvalue weighted by molar-refractivity contribution is 1.22. The fraction of sp³-hybridized carbons (Fsp3) is 0. The van der Waals surface area contributed by atoms with E-state index in [1.54, 1.807) is 12.4 Å². The quantitative estimate of drug-likeness (QED) is 0.431. The van der Waals surface area contributed by atoms with Gasteiger partial charge in [0.2, 0.25) is 0 Å². The first-order valence-electron chi connectivity index (χ1n) is 9.08. The molecule has 4 heterocycles. The first kappa shape index (κ1) is 16.3. The van der Waals surface area contributed by atoms with Crippen LogP contribution in [0.3, 0.4) is 0 Å². The monoisotopic (exact) mass is 360 g/mol. The van der Waals surface area contributed by atoms with Crippen molar-refractivity contribution in [3.63, 3.8) is 0 Å². The number of fused-ring (bicyclic) bond motifs is 1. The Morgan fingerprint density at radius 1 is 0.464 bits per heavy atom. The van der Waals surface area contributed by atoms with E-state index in [4.69, 9.17) is 9.97 Å². The Kier molecular flexibility index (Phi) is 4.07. The molecule has 0 saturated carbocycles. The van der Waals surface area contributed by atoms with Crippen molar-refractivity contribution in [1.29, 1.82) is 0 Å². The van der Waals surface area contributed by atoms with Gasteiger partial charge in [0.25, 0.3) is 0 Å². The van der Waals surface area contributed by atoms with Crippen LogP contribution in [0.5, 0.6) is 0 Å². The Balaban J connectivity index is 1.72. The van der Waals surface area contributed by atoms with Gasteiger partial charge in [-0.25, -0.2) is 9.97 Å². The van der Waals surface area contributed by atoms with E-state index in [1.165, 1.54) is 0 Å². The Morgan fingerprint density at radius 2 is 1.11 bits per heavy atom. The highest BCUT2D eigenvalue weighted by atomic mass is 14.8. The van der Waals surface area contributed by atoms with Crippen LogP contribution in [0, 0.1) is 0 Å². The zero-order chi connectivity index (χ0) is 18.8. The highest BCUT2D eigenvalue weighted by Gasteiger charge is 2.11. The molecular formula is C24H16N4. The van der Waals surface area contributed by atoms with Crippen LogP contribution in [-0.2, 0) is 0 Å². The summed E-state index contributed by atoms with van der Waals surface area (Å²) in [7, 11) is 0. The second-order valence-electron chi connectivity index (χ2n) is 6.45. The normalized spacial score (nSPS) is 10.9. The van der Waals surface area contributed by atoms with E-state index in [-0.39, 0.29) is 0 Å². The molecule has 4 nitrogen and oxygen atoms in total. The first-order chi connectivity index (χ1) is 13.9. The lowest BCUT2D eigenvalue weighted by Crippen LogP contribution is -1.94. The fourth-order valence-corrected chi connectivity index (χ4v) is 3.20. The summed E-state index contributed by atoms with van der Waals surface area (Å²) in [6.45, 7) is 0. The molecule has 132 valence electrons. The molecule has 0 aliphatic rings. The third-order valence-electron chi connectivity index (χ3n) is 4.57. The lowest BCUT2D eigenvalue weighted by Gasteiger charge is -2.09. The number of para-hydroxylation sites is 1. The lowest BCUT2D eigenvalue weighted by atomic mass is 10.1. The number of rotatable bonds is 3. The topological polar surface area (TPSA) is 51.6 Å². The van der Waals surface area contributed by atoms with Gasteiger partial charge in [-0.15, -0.1) is 0 Å². The molecule has 4 aromatic heterocycles. The standard InChI is InChI=1S/C24H16N4/c1-2-8-19-17(7-1)11-12-20(27-19)18-15-23(21-9-3-5-13-25-21)28-24(16-18)22-10-4-6-14-26-22/h1-16H. The van der Waals surface area contributed by atoms with Crippen LogP contribution in [-0.4, -0.2) is 19.9 Å². The summed E-state index contributed by atoms with van der Waals surface area (Å²) in [4.78, 5) is 18.6. The molecule has 0 bridgehead atoms. The van der Waals surface area contributed by atoms with E-state index in [1.807, 2.05) is 72.8 Å². The predicted molar refractivity (Wildman–Crippen MR) is 111 cm³/mol. The summed E-state index contributed by atoms with van der Waals surface area (Å²) in [5, 5.41) is 1.12. The van der Waals surface area contributed by atoms with Gasteiger partial charge in [-0.05, 0) is 48.5 Å². The van der Waals surface area contributed by atoms with Gasteiger partial charge in [-0.2, -0.15) is 0 Å². The molecule has 0 radical (unpaired) electrons. The van der Waals surface area contributed by atoms with Crippen molar-refractivity contribution in [2.45, 2.75) is 0 Å². The minimum absolute atomic E-state index is 0.800. The Morgan fingerprint density at radius 3 is 1.75 bits per heavy atom. The molecule has 0 unspecified atom stereocenters. The van der Waals surface area contributed by atoms with Gasteiger partial charge < -0.3 is 0 Å². The average Bonchev–Trinajstić information content (AvgIpc) is 2.79.